The third kappa shape index (κ3) is 2.10. The minimum Gasteiger partial charge on any atom is -0.263 e. The van der Waals surface area contributed by atoms with Crippen molar-refractivity contribution in [1.29, 1.82) is 0 Å². The first-order valence-corrected chi connectivity index (χ1v) is 7.01. The van der Waals surface area contributed by atoms with Crippen molar-refractivity contribution < 1.29 is 12.8 Å². The van der Waals surface area contributed by atoms with Crippen LogP contribution in [0.5, 0.6) is 0 Å². The minimum atomic E-state index is -3.62. The van der Waals surface area contributed by atoms with Crippen LogP contribution in [0.1, 0.15) is 5.56 Å². The van der Waals surface area contributed by atoms with Gasteiger partial charge in [-0.3, -0.25) is 4.72 Å². The monoisotopic (exact) mass is 276 g/mol. The van der Waals surface area contributed by atoms with Gasteiger partial charge in [0.05, 0.1) is 5.69 Å². The maximum Gasteiger partial charge on any atom is 0.265 e. The largest absolute Gasteiger partial charge is 0.265 e. The van der Waals surface area contributed by atoms with Gasteiger partial charge in [0.25, 0.3) is 10.0 Å². The van der Waals surface area contributed by atoms with Crippen LogP contribution in [0.4, 0.5) is 10.1 Å². The molecule has 96 valence electrons. The Labute approximate surface area is 109 Å². The van der Waals surface area contributed by atoms with Crippen LogP contribution in [0.2, 0.25) is 0 Å². The van der Waals surface area contributed by atoms with Gasteiger partial charge < -0.3 is 0 Å². The van der Waals surface area contributed by atoms with Crippen molar-refractivity contribution in [2.75, 3.05) is 0 Å². The van der Waals surface area contributed by atoms with Crippen LogP contribution in [0.25, 0.3) is 0 Å². The zero-order valence-electron chi connectivity index (χ0n) is 9.67. The van der Waals surface area contributed by atoms with Gasteiger partial charge in [0, 0.05) is 5.56 Å². The van der Waals surface area contributed by atoms with E-state index in [1.54, 1.807) is 18.2 Å². The van der Waals surface area contributed by atoms with E-state index in [-0.39, 0.29) is 16.5 Å². The second-order valence-electron chi connectivity index (χ2n) is 4.04. The second-order valence-corrected chi connectivity index (χ2v) is 5.69. The van der Waals surface area contributed by atoms with E-state index in [0.717, 1.165) is 0 Å². The van der Waals surface area contributed by atoms with Gasteiger partial charge >= 0.3 is 0 Å². The summed E-state index contributed by atoms with van der Waals surface area (Å²) in [6, 6.07) is 11.9. The number of hydrogen-bond acceptors (Lipinski definition) is 3. The number of halogens is 1. The van der Waals surface area contributed by atoms with Crippen LogP contribution >= 0.6 is 0 Å². The summed E-state index contributed by atoms with van der Waals surface area (Å²) in [6.07, 6.45) is 0. The molecule has 0 atom stereocenters. The van der Waals surface area contributed by atoms with Crippen LogP contribution in [0.15, 0.2) is 58.4 Å². The number of aliphatic imine (C=N–C) groups is 1. The Bertz CT molecular complexity index is 767. The Morgan fingerprint density at radius 3 is 2.42 bits per heavy atom. The standard InChI is InChI=1S/C13H9FN2O2S/c14-10-7-5-9(6-8-10)13-15-11-3-1-2-4-12(11)19(17,18)16-13/h1-8H,(H,15,16). The molecule has 0 bridgehead atoms. The number of nitrogens with one attached hydrogen (secondary N) is 1. The molecule has 1 aliphatic heterocycles. The van der Waals surface area contributed by atoms with Crippen LogP contribution in [-0.4, -0.2) is 14.3 Å². The predicted molar refractivity (Wildman–Crippen MR) is 69.4 cm³/mol. The summed E-state index contributed by atoms with van der Waals surface area (Å²) in [5, 5.41) is 0. The molecule has 2 aromatic carbocycles. The molecule has 1 aliphatic rings. The summed E-state index contributed by atoms with van der Waals surface area (Å²) < 4.78 is 39.4. The highest BCUT2D eigenvalue weighted by Gasteiger charge is 2.25. The molecule has 1 N–H and O–H groups in total. The van der Waals surface area contributed by atoms with E-state index in [1.807, 2.05) is 0 Å². The lowest BCUT2D eigenvalue weighted by atomic mass is 10.2. The number of para-hydroxylation sites is 1. The number of nitrogens with zero attached hydrogens (tertiary/aromatic N) is 1. The van der Waals surface area contributed by atoms with Crippen LogP contribution < -0.4 is 4.72 Å². The normalized spacial score (nSPS) is 16.2. The zero-order chi connectivity index (χ0) is 13.5. The van der Waals surface area contributed by atoms with Crippen LogP contribution in [0.3, 0.4) is 0 Å². The average molecular weight is 276 g/mol. The van der Waals surface area contributed by atoms with E-state index in [9.17, 15) is 12.8 Å². The SMILES string of the molecule is O=S1(=O)NC(c2ccc(F)cc2)=Nc2ccccc21. The summed E-state index contributed by atoms with van der Waals surface area (Å²) in [4.78, 5) is 4.38. The molecule has 0 amide bonds. The molecule has 4 nitrogen and oxygen atoms in total. The maximum absolute atomic E-state index is 12.9. The summed E-state index contributed by atoms with van der Waals surface area (Å²) in [7, 11) is -3.62. The smallest absolute Gasteiger partial charge is 0.263 e. The molecule has 19 heavy (non-hydrogen) atoms. The van der Waals surface area contributed by atoms with Gasteiger partial charge in [-0.2, -0.15) is 0 Å². The highest BCUT2D eigenvalue weighted by Crippen LogP contribution is 2.28. The van der Waals surface area contributed by atoms with Crippen molar-refractivity contribution in [2.24, 2.45) is 4.99 Å². The number of benzene rings is 2. The highest BCUT2D eigenvalue weighted by molar-refractivity contribution is 7.90. The summed E-state index contributed by atoms with van der Waals surface area (Å²) in [5.74, 6) is -0.192. The summed E-state index contributed by atoms with van der Waals surface area (Å²) in [6.45, 7) is 0. The lowest BCUT2D eigenvalue weighted by Crippen LogP contribution is -2.33. The van der Waals surface area contributed by atoms with Gasteiger partial charge in [0.1, 0.15) is 16.5 Å². The Morgan fingerprint density at radius 1 is 1.00 bits per heavy atom. The quantitative estimate of drug-likeness (QED) is 0.868. The lowest BCUT2D eigenvalue weighted by molar-refractivity contribution is 0.592. The van der Waals surface area contributed by atoms with Gasteiger partial charge in [-0.1, -0.05) is 12.1 Å². The molecule has 0 radical (unpaired) electrons. The molecular weight excluding hydrogens is 267 g/mol. The first kappa shape index (κ1) is 11.9. The third-order valence-corrected chi connectivity index (χ3v) is 4.12. The summed E-state index contributed by atoms with van der Waals surface area (Å²) in [5.41, 5.74) is 0.889. The van der Waals surface area contributed by atoms with Crippen molar-refractivity contribution in [3.8, 4) is 0 Å². The zero-order valence-corrected chi connectivity index (χ0v) is 10.5. The second kappa shape index (κ2) is 4.17. The van der Waals surface area contributed by atoms with Crippen molar-refractivity contribution in [3.05, 3.63) is 59.9 Å². The molecule has 0 aliphatic carbocycles. The van der Waals surface area contributed by atoms with Gasteiger partial charge in [-0.25, -0.2) is 17.8 Å². The average Bonchev–Trinajstić information content (AvgIpc) is 2.39. The molecule has 0 aromatic heterocycles. The van der Waals surface area contributed by atoms with Crippen molar-refractivity contribution in [2.45, 2.75) is 4.90 Å². The molecule has 0 spiro atoms. The first-order valence-electron chi connectivity index (χ1n) is 5.53. The van der Waals surface area contributed by atoms with Crippen molar-refractivity contribution in [3.63, 3.8) is 0 Å². The molecule has 1 heterocycles. The van der Waals surface area contributed by atoms with E-state index >= 15 is 0 Å². The minimum absolute atomic E-state index is 0.140. The first-order chi connectivity index (χ1) is 9.06. The Balaban J connectivity index is 2.16. The fourth-order valence-corrected chi connectivity index (χ4v) is 3.01. The van der Waals surface area contributed by atoms with E-state index in [4.69, 9.17) is 0 Å². The van der Waals surface area contributed by atoms with Gasteiger partial charge in [0.15, 0.2) is 0 Å². The number of fused-ring (bicyclic) bond motifs is 1. The van der Waals surface area contributed by atoms with Crippen LogP contribution in [0, 0.1) is 5.82 Å². The number of rotatable bonds is 1. The van der Waals surface area contributed by atoms with Gasteiger partial charge in [-0.05, 0) is 36.4 Å². The van der Waals surface area contributed by atoms with Gasteiger partial charge in [0.2, 0.25) is 0 Å². The third-order valence-electron chi connectivity index (χ3n) is 2.74. The fraction of sp³-hybridized carbons (Fsp3) is 0. The van der Waals surface area contributed by atoms with E-state index in [2.05, 4.69) is 9.71 Å². The Kier molecular flexibility index (Phi) is 2.60. The summed E-state index contributed by atoms with van der Waals surface area (Å²) >= 11 is 0. The van der Waals surface area contributed by atoms with E-state index < -0.39 is 10.0 Å². The molecular formula is C13H9FN2O2S. The topological polar surface area (TPSA) is 58.5 Å². The maximum atomic E-state index is 12.9. The van der Waals surface area contributed by atoms with E-state index in [0.29, 0.717) is 11.3 Å². The molecule has 6 heteroatoms. The number of hydrogen-bond donors (Lipinski definition) is 1. The molecule has 3 rings (SSSR count). The Hall–Kier alpha value is -2.21. The molecule has 0 saturated carbocycles. The Morgan fingerprint density at radius 2 is 1.68 bits per heavy atom. The molecule has 2 aromatic rings. The number of amidine groups is 1. The van der Waals surface area contributed by atoms with E-state index in [1.165, 1.54) is 30.3 Å². The molecule has 0 unspecified atom stereocenters. The molecule has 0 saturated heterocycles. The van der Waals surface area contributed by atoms with Crippen molar-refractivity contribution in [1.82, 2.24) is 4.72 Å². The van der Waals surface area contributed by atoms with Crippen molar-refractivity contribution >= 4 is 21.5 Å². The van der Waals surface area contributed by atoms with Crippen LogP contribution in [-0.2, 0) is 10.0 Å². The fourth-order valence-electron chi connectivity index (χ4n) is 1.83. The molecule has 0 fully saturated rings. The van der Waals surface area contributed by atoms with Gasteiger partial charge in [-0.15, -0.1) is 0 Å². The number of sulfonamides is 1. The lowest BCUT2D eigenvalue weighted by Gasteiger charge is -2.17. The highest BCUT2D eigenvalue weighted by atomic mass is 32.2. The predicted octanol–water partition coefficient (Wildman–Crippen LogP) is 2.20.